The Morgan fingerprint density at radius 2 is 1.41 bits per heavy atom. The van der Waals surface area contributed by atoms with Crippen LogP contribution in [-0.2, 0) is 43.5 Å². The fraction of sp³-hybridized carbons (Fsp3) is 0.324. The van der Waals surface area contributed by atoms with Crippen LogP contribution in [0, 0.1) is 0 Å². The molecule has 12 nitrogen and oxygen atoms in total. The summed E-state index contributed by atoms with van der Waals surface area (Å²) in [5, 5.41) is 33.3. The number of aliphatic hydroxyl groups is 1. The van der Waals surface area contributed by atoms with E-state index in [0.717, 1.165) is 15.4 Å². The standard InChI is InChI=1S/C34H37N3O9/c38-27-18-28(36(22-27)29(39)20-35-33(45)46-23-26-14-8-3-9-15-26)31(42)37(21-25-12-6-2-7-13-25)34(32(43)44,17-16-30(40)41)19-24-10-4-1-5-11-24/h1-15,27-28,38H,16-23H2,(H,35,45)(H,40,41)(H,43,44)/t27-,28+,34-/m1/s1. The van der Waals surface area contributed by atoms with Gasteiger partial charge >= 0.3 is 18.0 Å². The van der Waals surface area contributed by atoms with Crippen molar-refractivity contribution < 1.29 is 44.0 Å². The largest absolute Gasteiger partial charge is 0.481 e. The number of nitrogens with zero attached hydrogens (tertiary/aromatic N) is 2. The molecule has 46 heavy (non-hydrogen) atoms. The number of carboxylic acids is 2. The minimum atomic E-state index is -2.02. The minimum absolute atomic E-state index is 0.0200. The summed E-state index contributed by atoms with van der Waals surface area (Å²) in [6.07, 6.45) is -3.27. The molecule has 3 aromatic rings. The molecule has 0 bridgehead atoms. The average Bonchev–Trinajstić information content (AvgIpc) is 3.46. The molecule has 12 heteroatoms. The van der Waals surface area contributed by atoms with E-state index in [2.05, 4.69) is 5.32 Å². The van der Waals surface area contributed by atoms with Crippen LogP contribution < -0.4 is 5.32 Å². The SMILES string of the molecule is O=C(O)CC[C@@](Cc1ccccc1)(C(=O)O)N(Cc1ccccc1)C(=O)[C@@H]1C[C@@H](O)CN1C(=O)CNC(=O)OCc1ccccc1. The van der Waals surface area contributed by atoms with Crippen molar-refractivity contribution >= 4 is 29.8 Å². The van der Waals surface area contributed by atoms with Crippen LogP contribution in [-0.4, -0.2) is 85.7 Å². The third-order valence-electron chi connectivity index (χ3n) is 7.94. The van der Waals surface area contributed by atoms with Crippen LogP contribution in [0.15, 0.2) is 91.0 Å². The molecular weight excluding hydrogens is 594 g/mol. The lowest BCUT2D eigenvalue weighted by Gasteiger charge is -2.43. The molecule has 0 radical (unpaired) electrons. The number of hydrogen-bond donors (Lipinski definition) is 4. The van der Waals surface area contributed by atoms with Gasteiger partial charge in [-0.05, 0) is 23.1 Å². The monoisotopic (exact) mass is 631 g/mol. The Morgan fingerprint density at radius 1 is 0.848 bits per heavy atom. The molecule has 1 saturated heterocycles. The Kier molecular flexibility index (Phi) is 11.5. The van der Waals surface area contributed by atoms with Gasteiger partial charge in [0.25, 0.3) is 0 Å². The summed E-state index contributed by atoms with van der Waals surface area (Å²) in [4.78, 5) is 67.3. The van der Waals surface area contributed by atoms with Crippen LogP contribution >= 0.6 is 0 Å². The Labute approximate surface area is 266 Å². The van der Waals surface area contributed by atoms with Crippen molar-refractivity contribution in [2.24, 2.45) is 0 Å². The van der Waals surface area contributed by atoms with Crippen molar-refractivity contribution in [3.8, 4) is 0 Å². The summed E-state index contributed by atoms with van der Waals surface area (Å²) in [7, 11) is 0. The lowest BCUT2D eigenvalue weighted by Crippen LogP contribution is -2.62. The number of benzene rings is 3. The second-order valence-corrected chi connectivity index (χ2v) is 11.2. The van der Waals surface area contributed by atoms with Crippen LogP contribution in [0.1, 0.15) is 36.0 Å². The molecule has 3 aromatic carbocycles. The highest BCUT2D eigenvalue weighted by atomic mass is 16.5. The quantitative estimate of drug-likeness (QED) is 0.209. The number of carbonyl (C=O) groups is 5. The topological polar surface area (TPSA) is 174 Å². The number of aliphatic hydroxyl groups excluding tert-OH is 1. The molecule has 242 valence electrons. The lowest BCUT2D eigenvalue weighted by molar-refractivity contribution is -0.164. The van der Waals surface area contributed by atoms with E-state index in [9.17, 15) is 39.3 Å². The Morgan fingerprint density at radius 3 is 1.98 bits per heavy atom. The van der Waals surface area contributed by atoms with Gasteiger partial charge in [0.05, 0.1) is 6.10 Å². The van der Waals surface area contributed by atoms with Crippen molar-refractivity contribution in [3.05, 3.63) is 108 Å². The number of aliphatic carboxylic acids is 2. The lowest BCUT2D eigenvalue weighted by atomic mass is 9.83. The molecule has 1 aliphatic heterocycles. The maximum atomic E-state index is 14.5. The zero-order valence-corrected chi connectivity index (χ0v) is 25.2. The first kappa shape index (κ1) is 33.7. The molecule has 1 heterocycles. The van der Waals surface area contributed by atoms with Crippen molar-refractivity contribution in [1.29, 1.82) is 0 Å². The van der Waals surface area contributed by atoms with Crippen molar-refractivity contribution in [3.63, 3.8) is 0 Å². The van der Waals surface area contributed by atoms with Crippen LogP contribution in [0.2, 0.25) is 0 Å². The normalized spacial score (nSPS) is 17.0. The van der Waals surface area contributed by atoms with Crippen molar-refractivity contribution in [2.75, 3.05) is 13.1 Å². The van der Waals surface area contributed by atoms with Crippen LogP contribution in [0.25, 0.3) is 0 Å². The number of nitrogens with one attached hydrogen (secondary N) is 1. The molecule has 3 atom stereocenters. The zero-order chi connectivity index (χ0) is 33.1. The molecule has 4 N–H and O–H groups in total. The highest BCUT2D eigenvalue weighted by Gasteiger charge is 2.51. The number of hydrogen-bond acceptors (Lipinski definition) is 7. The second-order valence-electron chi connectivity index (χ2n) is 11.2. The van der Waals surface area contributed by atoms with E-state index >= 15 is 0 Å². The van der Waals surface area contributed by atoms with Gasteiger partial charge in [0.15, 0.2) is 0 Å². The molecule has 0 saturated carbocycles. The third kappa shape index (κ3) is 8.69. The number of rotatable bonds is 14. The highest BCUT2D eigenvalue weighted by Crippen LogP contribution is 2.33. The Bertz CT molecular complexity index is 1500. The molecule has 1 aliphatic rings. The number of likely N-dealkylation sites (tertiary alicyclic amines) is 1. The molecule has 1 fully saturated rings. The summed E-state index contributed by atoms with van der Waals surface area (Å²) in [6.45, 7) is -0.968. The molecule has 4 rings (SSSR count). The fourth-order valence-corrected chi connectivity index (χ4v) is 5.60. The van der Waals surface area contributed by atoms with Gasteiger partial charge in [0.1, 0.15) is 24.7 Å². The molecule has 0 aliphatic carbocycles. The predicted octanol–water partition coefficient (Wildman–Crippen LogP) is 2.83. The van der Waals surface area contributed by atoms with Gasteiger partial charge in [-0.25, -0.2) is 9.59 Å². The van der Waals surface area contributed by atoms with Gasteiger partial charge in [-0.1, -0.05) is 91.0 Å². The summed E-state index contributed by atoms with van der Waals surface area (Å²) in [5.41, 5.74) is -0.118. The number of amides is 3. The molecule has 3 amide bonds. The smallest absolute Gasteiger partial charge is 0.407 e. The Balaban J connectivity index is 1.62. The number of β-amino-alcohol motifs (C(OH)–C–C–N with tert-alkyl or cyclic N) is 1. The first-order valence-corrected chi connectivity index (χ1v) is 14.9. The van der Waals surface area contributed by atoms with E-state index in [1.165, 1.54) is 0 Å². The van der Waals surface area contributed by atoms with Crippen molar-refractivity contribution in [1.82, 2.24) is 15.1 Å². The van der Waals surface area contributed by atoms with Crippen LogP contribution in [0.4, 0.5) is 4.79 Å². The maximum absolute atomic E-state index is 14.5. The first-order chi connectivity index (χ1) is 22.1. The molecular formula is C34H37N3O9. The number of alkyl carbamates (subject to hydrolysis) is 1. The predicted molar refractivity (Wildman–Crippen MR) is 165 cm³/mol. The zero-order valence-electron chi connectivity index (χ0n) is 25.2. The summed E-state index contributed by atoms with van der Waals surface area (Å²) < 4.78 is 5.16. The van der Waals surface area contributed by atoms with E-state index in [1.807, 2.05) is 6.07 Å². The van der Waals surface area contributed by atoms with Gasteiger partial charge in [0.2, 0.25) is 11.8 Å². The van der Waals surface area contributed by atoms with Crippen LogP contribution in [0.5, 0.6) is 0 Å². The maximum Gasteiger partial charge on any atom is 0.407 e. The third-order valence-corrected chi connectivity index (χ3v) is 7.94. The summed E-state index contributed by atoms with van der Waals surface area (Å²) in [6, 6.07) is 24.9. The fourth-order valence-electron chi connectivity index (χ4n) is 5.60. The van der Waals surface area contributed by atoms with Crippen LogP contribution in [0.3, 0.4) is 0 Å². The minimum Gasteiger partial charge on any atom is -0.481 e. The number of ether oxygens (including phenoxy) is 1. The molecule has 0 aromatic heterocycles. The van der Waals surface area contributed by atoms with E-state index in [4.69, 9.17) is 4.74 Å². The number of carbonyl (C=O) groups excluding carboxylic acids is 3. The average molecular weight is 632 g/mol. The second kappa shape index (κ2) is 15.7. The molecule has 0 spiro atoms. The van der Waals surface area contributed by atoms with Crippen molar-refractivity contribution in [2.45, 2.75) is 56.5 Å². The van der Waals surface area contributed by atoms with Gasteiger partial charge < -0.3 is 35.2 Å². The summed E-state index contributed by atoms with van der Waals surface area (Å²) >= 11 is 0. The van der Waals surface area contributed by atoms with Gasteiger partial charge in [0, 0.05) is 32.4 Å². The van der Waals surface area contributed by atoms with E-state index in [1.54, 1.807) is 84.9 Å². The van der Waals surface area contributed by atoms with E-state index in [-0.39, 0.29) is 32.5 Å². The summed E-state index contributed by atoms with van der Waals surface area (Å²) in [5.74, 6) is -4.07. The first-order valence-electron chi connectivity index (χ1n) is 14.9. The van der Waals surface area contributed by atoms with Gasteiger partial charge in [-0.2, -0.15) is 0 Å². The van der Waals surface area contributed by atoms with Gasteiger partial charge in [-0.3, -0.25) is 14.4 Å². The Hall–Kier alpha value is -5.23. The van der Waals surface area contributed by atoms with E-state index in [0.29, 0.717) is 11.1 Å². The van der Waals surface area contributed by atoms with E-state index < -0.39 is 66.9 Å². The molecule has 0 unspecified atom stereocenters. The number of carboxylic acid groups (broad SMARTS) is 2. The highest BCUT2D eigenvalue weighted by molar-refractivity contribution is 5.94. The van der Waals surface area contributed by atoms with Gasteiger partial charge in [-0.15, -0.1) is 0 Å².